The average molecular weight is 435 g/mol. The molecule has 1 fully saturated rings. The summed E-state index contributed by atoms with van der Waals surface area (Å²) in [5.41, 5.74) is 0.169. The Bertz CT molecular complexity index is 1060. The number of hydrogen-bond donors (Lipinski definition) is 0. The quantitative estimate of drug-likeness (QED) is 0.390. The number of fused-ring (bicyclic) bond motifs is 1. The van der Waals surface area contributed by atoms with Crippen molar-refractivity contribution in [2.24, 2.45) is 0 Å². The number of thiazole rings is 1. The minimum absolute atomic E-state index is 0. The molecule has 0 atom stereocenters. The molecule has 1 aliphatic heterocycles. The number of benzene rings is 1. The molecular formula is C17H13F3KN3O3S. The van der Waals surface area contributed by atoms with E-state index in [0.717, 1.165) is 17.4 Å². The number of carbonyl (C=O) groups excluding carboxylic acids is 1. The molecule has 0 bridgehead atoms. The summed E-state index contributed by atoms with van der Waals surface area (Å²) in [6.45, 7) is 3.30. The number of anilines is 1. The number of nitrogens with zero attached hydrogens (tertiary/aromatic N) is 3. The van der Waals surface area contributed by atoms with Gasteiger partial charge in [-0.05, 0) is 13.0 Å². The van der Waals surface area contributed by atoms with E-state index in [1.807, 2.05) is 0 Å². The van der Waals surface area contributed by atoms with Gasteiger partial charge in [-0.15, -0.1) is 11.3 Å². The molecule has 0 saturated carbocycles. The summed E-state index contributed by atoms with van der Waals surface area (Å²) < 4.78 is 48.4. The molecule has 2 aromatic heterocycles. The number of halogens is 3. The molecule has 3 aromatic rings. The molecule has 28 heavy (non-hydrogen) atoms. The molecule has 142 valence electrons. The van der Waals surface area contributed by atoms with E-state index in [0.29, 0.717) is 43.9 Å². The maximum absolute atomic E-state index is 14.3. The molecule has 1 aromatic carbocycles. The number of aryl methyl sites for hydroxylation is 1. The van der Waals surface area contributed by atoms with Gasteiger partial charge in [-0.2, -0.15) is 5.10 Å². The van der Waals surface area contributed by atoms with E-state index < -0.39 is 23.4 Å². The Morgan fingerprint density at radius 2 is 1.93 bits per heavy atom. The SMILES string of the molecule is Cc1nn2c(N3CCOCC3)c(C(=O)[O-])sc2c1-c1cc(F)cc(F)c1F.[K+]. The first-order valence-corrected chi connectivity index (χ1v) is 8.91. The number of carbonyl (C=O) groups is 1. The second-order valence-corrected chi connectivity index (χ2v) is 7.07. The zero-order chi connectivity index (χ0) is 19.3. The van der Waals surface area contributed by atoms with Crippen LogP contribution in [0.5, 0.6) is 0 Å². The third-order valence-corrected chi connectivity index (χ3v) is 5.50. The summed E-state index contributed by atoms with van der Waals surface area (Å²) in [5.74, 6) is -4.58. The molecule has 4 rings (SSSR count). The maximum Gasteiger partial charge on any atom is 1.00 e. The van der Waals surface area contributed by atoms with Crippen LogP contribution < -0.4 is 61.4 Å². The van der Waals surface area contributed by atoms with Crippen molar-refractivity contribution in [3.05, 3.63) is 40.2 Å². The predicted octanol–water partition coefficient (Wildman–Crippen LogP) is -1.01. The van der Waals surface area contributed by atoms with Gasteiger partial charge in [0.05, 0.1) is 29.8 Å². The number of carboxylic acid groups (broad SMARTS) is 1. The van der Waals surface area contributed by atoms with Crippen LogP contribution in [0.4, 0.5) is 19.0 Å². The monoisotopic (exact) mass is 435 g/mol. The second-order valence-electron chi connectivity index (χ2n) is 6.07. The molecule has 11 heteroatoms. The summed E-state index contributed by atoms with van der Waals surface area (Å²) >= 11 is 0.833. The Morgan fingerprint density at radius 1 is 1.25 bits per heavy atom. The predicted molar refractivity (Wildman–Crippen MR) is 90.5 cm³/mol. The number of rotatable bonds is 3. The third-order valence-electron chi connectivity index (χ3n) is 4.38. The molecule has 0 N–H and O–H groups in total. The Labute approximate surface area is 204 Å². The van der Waals surface area contributed by atoms with Crippen LogP contribution >= 0.6 is 11.3 Å². The fraction of sp³-hybridized carbons (Fsp3) is 0.294. The van der Waals surface area contributed by atoms with Gasteiger partial charge in [-0.1, -0.05) is 0 Å². The number of aromatic carboxylic acids is 1. The Hall–Kier alpha value is -0.954. The fourth-order valence-electron chi connectivity index (χ4n) is 3.22. The van der Waals surface area contributed by atoms with Gasteiger partial charge < -0.3 is 19.5 Å². The van der Waals surface area contributed by atoms with Crippen molar-refractivity contribution in [2.75, 3.05) is 31.2 Å². The zero-order valence-corrected chi connectivity index (χ0v) is 19.0. The van der Waals surface area contributed by atoms with Crippen LogP contribution in [-0.4, -0.2) is 41.9 Å². The van der Waals surface area contributed by atoms with Gasteiger partial charge in [0.25, 0.3) is 0 Å². The van der Waals surface area contributed by atoms with Crippen molar-refractivity contribution in [1.82, 2.24) is 9.61 Å². The summed E-state index contributed by atoms with van der Waals surface area (Å²) in [7, 11) is 0. The summed E-state index contributed by atoms with van der Waals surface area (Å²) in [6.07, 6.45) is 0. The van der Waals surface area contributed by atoms with Crippen molar-refractivity contribution >= 4 is 28.0 Å². The second kappa shape index (κ2) is 8.42. The van der Waals surface area contributed by atoms with Crippen LogP contribution in [0.2, 0.25) is 0 Å². The van der Waals surface area contributed by atoms with E-state index >= 15 is 0 Å². The Morgan fingerprint density at radius 3 is 2.57 bits per heavy atom. The smallest absolute Gasteiger partial charge is 0.544 e. The molecule has 3 heterocycles. The molecule has 0 spiro atoms. The molecule has 6 nitrogen and oxygen atoms in total. The standard InChI is InChI=1S/C17H14F3N3O3S.K/c1-8-12(10-6-9(18)7-11(19)13(10)20)16-23(21-8)15(14(27-16)17(24)25)22-2-4-26-5-3-22;/h6-7H,2-5H2,1H3,(H,24,25);/q;+1/p-1. The summed E-state index contributed by atoms with van der Waals surface area (Å²) in [6, 6.07) is 1.32. The van der Waals surface area contributed by atoms with Gasteiger partial charge in [0.1, 0.15) is 10.6 Å². The Balaban J connectivity index is 0.00000225. The molecule has 0 radical (unpaired) electrons. The largest absolute Gasteiger partial charge is 1.00 e. The van der Waals surface area contributed by atoms with Crippen LogP contribution in [0.3, 0.4) is 0 Å². The van der Waals surface area contributed by atoms with Crippen molar-refractivity contribution in [2.45, 2.75) is 6.92 Å². The molecular weight excluding hydrogens is 422 g/mol. The maximum atomic E-state index is 14.3. The summed E-state index contributed by atoms with van der Waals surface area (Å²) in [5, 5.41) is 16.0. The van der Waals surface area contributed by atoms with Crippen molar-refractivity contribution < 1.29 is 79.2 Å². The van der Waals surface area contributed by atoms with E-state index in [4.69, 9.17) is 4.74 Å². The van der Waals surface area contributed by atoms with Gasteiger partial charge in [0.15, 0.2) is 17.5 Å². The third kappa shape index (κ3) is 3.64. The zero-order valence-electron chi connectivity index (χ0n) is 15.1. The summed E-state index contributed by atoms with van der Waals surface area (Å²) in [4.78, 5) is 13.6. The number of ether oxygens (including phenoxy) is 1. The number of hydrogen-bond acceptors (Lipinski definition) is 6. The minimum atomic E-state index is -1.40. The first-order valence-electron chi connectivity index (χ1n) is 8.09. The first kappa shape index (κ1) is 21.7. The van der Waals surface area contributed by atoms with E-state index in [1.54, 1.807) is 11.8 Å². The van der Waals surface area contributed by atoms with Crippen molar-refractivity contribution in [3.63, 3.8) is 0 Å². The van der Waals surface area contributed by atoms with Crippen molar-refractivity contribution in [1.29, 1.82) is 0 Å². The molecule has 1 aliphatic rings. The average Bonchev–Trinajstić information content (AvgIpc) is 3.13. The van der Waals surface area contributed by atoms with E-state index in [1.165, 1.54) is 4.52 Å². The molecule has 1 saturated heterocycles. The molecule has 0 amide bonds. The molecule has 0 unspecified atom stereocenters. The van der Waals surface area contributed by atoms with Gasteiger partial charge >= 0.3 is 51.4 Å². The van der Waals surface area contributed by atoms with Gasteiger partial charge in [-0.3, -0.25) is 0 Å². The van der Waals surface area contributed by atoms with Gasteiger partial charge in [-0.25, -0.2) is 17.7 Å². The topological polar surface area (TPSA) is 69.9 Å². The van der Waals surface area contributed by atoms with Gasteiger partial charge in [0, 0.05) is 30.3 Å². The fourth-order valence-corrected chi connectivity index (χ4v) is 4.37. The van der Waals surface area contributed by atoms with Crippen LogP contribution in [-0.2, 0) is 4.74 Å². The molecule has 0 aliphatic carbocycles. The van der Waals surface area contributed by atoms with E-state index in [9.17, 15) is 23.1 Å². The van der Waals surface area contributed by atoms with Crippen LogP contribution in [0.1, 0.15) is 15.4 Å². The van der Waals surface area contributed by atoms with E-state index in [-0.39, 0.29) is 72.2 Å². The normalized spacial score (nSPS) is 14.4. The first-order chi connectivity index (χ1) is 12.9. The number of morpholine rings is 1. The number of aromatic nitrogens is 2. The van der Waals surface area contributed by atoms with E-state index in [2.05, 4.69) is 5.10 Å². The number of carboxylic acids is 1. The van der Waals surface area contributed by atoms with Crippen molar-refractivity contribution in [3.8, 4) is 11.1 Å². The van der Waals surface area contributed by atoms with Crippen LogP contribution in [0.25, 0.3) is 16.0 Å². The van der Waals surface area contributed by atoms with Crippen LogP contribution in [0, 0.1) is 24.4 Å². The van der Waals surface area contributed by atoms with Crippen LogP contribution in [0.15, 0.2) is 12.1 Å². The Kier molecular flexibility index (Phi) is 6.54. The minimum Gasteiger partial charge on any atom is -0.544 e. The van der Waals surface area contributed by atoms with Gasteiger partial charge in [0.2, 0.25) is 0 Å².